The number of methoxy groups -OCH3 is 1. The molecule has 0 aliphatic rings. The molecule has 0 aliphatic heterocycles. The van der Waals surface area contributed by atoms with E-state index in [0.29, 0.717) is 43.8 Å². The minimum Gasteiger partial charge on any atom is -0.497 e. The van der Waals surface area contributed by atoms with E-state index in [-0.39, 0.29) is 5.69 Å². The first kappa shape index (κ1) is 22.1. The number of ether oxygens (including phenoxy) is 1. The van der Waals surface area contributed by atoms with Gasteiger partial charge >= 0.3 is 0 Å². The summed E-state index contributed by atoms with van der Waals surface area (Å²) in [6, 6.07) is 13.7. The van der Waals surface area contributed by atoms with Crippen molar-refractivity contribution in [2.75, 3.05) is 12.4 Å². The summed E-state index contributed by atoms with van der Waals surface area (Å²) in [7, 11) is 1.58. The molecule has 0 bridgehead atoms. The summed E-state index contributed by atoms with van der Waals surface area (Å²) >= 11 is 13.7. The molecule has 1 amide bonds. The van der Waals surface area contributed by atoms with Crippen LogP contribution in [0.3, 0.4) is 0 Å². The smallest absolute Gasteiger partial charge is 0.278 e. The molecule has 8 nitrogen and oxygen atoms in total. The second-order valence-corrected chi connectivity index (χ2v) is 8.24. The average molecular weight is 487 g/mol. The van der Waals surface area contributed by atoms with Crippen LogP contribution in [0, 0.1) is 0 Å². The second kappa shape index (κ2) is 9.99. The van der Waals surface area contributed by atoms with E-state index in [0.717, 1.165) is 0 Å². The minimum absolute atomic E-state index is 0.167. The van der Waals surface area contributed by atoms with Crippen LogP contribution in [-0.4, -0.2) is 38.0 Å². The second-order valence-electron chi connectivity index (χ2n) is 6.43. The van der Waals surface area contributed by atoms with Crippen LogP contribution in [0.25, 0.3) is 5.69 Å². The maximum atomic E-state index is 13.0. The van der Waals surface area contributed by atoms with Crippen molar-refractivity contribution in [1.82, 2.24) is 25.0 Å². The molecule has 2 aromatic carbocycles. The first-order chi connectivity index (χ1) is 15.5. The van der Waals surface area contributed by atoms with E-state index in [1.165, 1.54) is 16.4 Å². The SMILES string of the molecule is COc1ccc(NC(=O)c2nnn(-c3cc(Cl)cc(Cl)c3)c2CSc2ncccn2)cc1. The lowest BCUT2D eigenvalue weighted by atomic mass is 10.2. The number of carbonyl (C=O) groups excluding carboxylic acids is 1. The topological polar surface area (TPSA) is 94.8 Å². The Labute approximate surface area is 197 Å². The Balaban J connectivity index is 1.67. The van der Waals surface area contributed by atoms with E-state index in [4.69, 9.17) is 27.9 Å². The van der Waals surface area contributed by atoms with Crippen molar-refractivity contribution in [2.24, 2.45) is 0 Å². The van der Waals surface area contributed by atoms with Crippen LogP contribution in [0.1, 0.15) is 16.2 Å². The van der Waals surface area contributed by atoms with E-state index >= 15 is 0 Å². The zero-order valence-corrected chi connectivity index (χ0v) is 19.0. The van der Waals surface area contributed by atoms with Gasteiger partial charge in [0.25, 0.3) is 5.91 Å². The number of nitrogens with zero attached hydrogens (tertiary/aromatic N) is 5. The summed E-state index contributed by atoms with van der Waals surface area (Å²) in [5.74, 6) is 0.623. The van der Waals surface area contributed by atoms with Crippen molar-refractivity contribution in [2.45, 2.75) is 10.9 Å². The van der Waals surface area contributed by atoms with Gasteiger partial charge in [0, 0.05) is 33.9 Å². The van der Waals surface area contributed by atoms with E-state index in [9.17, 15) is 4.79 Å². The Bertz CT molecular complexity index is 1210. The molecule has 1 N–H and O–H groups in total. The fraction of sp³-hybridized carbons (Fsp3) is 0.0952. The molecule has 162 valence electrons. The van der Waals surface area contributed by atoms with E-state index in [1.54, 1.807) is 68.0 Å². The van der Waals surface area contributed by atoms with E-state index in [2.05, 4.69) is 25.6 Å². The summed E-state index contributed by atoms with van der Waals surface area (Å²) in [5.41, 5.74) is 1.90. The number of hydrogen-bond acceptors (Lipinski definition) is 7. The molecule has 11 heteroatoms. The number of halogens is 2. The minimum atomic E-state index is -0.404. The van der Waals surface area contributed by atoms with Crippen LogP contribution in [0.4, 0.5) is 5.69 Å². The number of thioether (sulfide) groups is 1. The fourth-order valence-corrected chi connectivity index (χ4v) is 4.14. The van der Waals surface area contributed by atoms with Gasteiger partial charge in [-0.05, 0) is 48.5 Å². The van der Waals surface area contributed by atoms with Gasteiger partial charge in [-0.25, -0.2) is 14.6 Å². The summed E-state index contributed by atoms with van der Waals surface area (Å²) in [6.07, 6.45) is 3.30. The van der Waals surface area contributed by atoms with Crippen LogP contribution in [0.2, 0.25) is 10.0 Å². The zero-order chi connectivity index (χ0) is 22.5. The summed E-state index contributed by atoms with van der Waals surface area (Å²) < 4.78 is 6.69. The molecule has 0 radical (unpaired) electrons. The molecule has 0 saturated heterocycles. The van der Waals surface area contributed by atoms with Gasteiger partial charge in [0.1, 0.15) is 5.75 Å². The Hall–Kier alpha value is -3.14. The van der Waals surface area contributed by atoms with Crippen molar-refractivity contribution in [3.8, 4) is 11.4 Å². The summed E-state index contributed by atoms with van der Waals surface area (Å²) in [5, 5.41) is 12.6. The van der Waals surface area contributed by atoms with Gasteiger partial charge in [0.05, 0.1) is 18.5 Å². The zero-order valence-electron chi connectivity index (χ0n) is 16.7. The highest BCUT2D eigenvalue weighted by molar-refractivity contribution is 7.98. The molecule has 0 saturated carbocycles. The lowest BCUT2D eigenvalue weighted by Gasteiger charge is -2.09. The molecule has 32 heavy (non-hydrogen) atoms. The Morgan fingerprint density at radius 3 is 2.44 bits per heavy atom. The summed E-state index contributed by atoms with van der Waals surface area (Å²) in [6.45, 7) is 0. The highest BCUT2D eigenvalue weighted by atomic mass is 35.5. The van der Waals surface area contributed by atoms with E-state index < -0.39 is 5.91 Å². The first-order valence-corrected chi connectivity index (χ1v) is 11.0. The van der Waals surface area contributed by atoms with Crippen LogP contribution in [0.15, 0.2) is 66.1 Å². The third-order valence-electron chi connectivity index (χ3n) is 4.30. The molecule has 0 fully saturated rings. The highest BCUT2D eigenvalue weighted by Gasteiger charge is 2.22. The maximum Gasteiger partial charge on any atom is 0.278 e. The van der Waals surface area contributed by atoms with Crippen molar-refractivity contribution >= 4 is 46.6 Å². The number of rotatable bonds is 7. The van der Waals surface area contributed by atoms with Crippen molar-refractivity contribution in [1.29, 1.82) is 0 Å². The normalized spacial score (nSPS) is 10.7. The lowest BCUT2D eigenvalue weighted by molar-refractivity contribution is 0.102. The van der Waals surface area contributed by atoms with E-state index in [1.807, 2.05) is 0 Å². The summed E-state index contributed by atoms with van der Waals surface area (Å²) in [4.78, 5) is 21.5. The number of nitrogens with one attached hydrogen (secondary N) is 1. The quantitative estimate of drug-likeness (QED) is 0.292. The fourth-order valence-electron chi connectivity index (χ4n) is 2.83. The predicted octanol–water partition coefficient (Wildman–Crippen LogP) is 4.92. The molecule has 2 heterocycles. The number of hydrogen-bond donors (Lipinski definition) is 1. The van der Waals surface area contributed by atoms with Crippen molar-refractivity contribution in [3.63, 3.8) is 0 Å². The Kier molecular flexibility index (Phi) is 6.89. The third kappa shape index (κ3) is 5.18. The maximum absolute atomic E-state index is 13.0. The average Bonchev–Trinajstić information content (AvgIpc) is 3.22. The highest BCUT2D eigenvalue weighted by Crippen LogP contribution is 2.27. The first-order valence-electron chi connectivity index (χ1n) is 9.30. The number of aromatic nitrogens is 5. The molecular formula is C21H16Cl2N6O2S. The van der Waals surface area contributed by atoms with Crippen LogP contribution in [0.5, 0.6) is 5.75 Å². The van der Waals surface area contributed by atoms with Crippen molar-refractivity contribution in [3.05, 3.63) is 82.4 Å². The Morgan fingerprint density at radius 1 is 1.09 bits per heavy atom. The van der Waals surface area contributed by atoms with Gasteiger partial charge in [-0.1, -0.05) is 40.2 Å². The van der Waals surface area contributed by atoms with Gasteiger partial charge < -0.3 is 10.1 Å². The van der Waals surface area contributed by atoms with Gasteiger partial charge in [-0.3, -0.25) is 4.79 Å². The standard InChI is InChI=1S/C21H16Cl2N6O2S/c1-31-17-5-3-15(4-6-17)26-20(30)19-18(12-32-21-24-7-2-8-25-21)29(28-27-19)16-10-13(22)9-14(23)11-16/h2-11H,12H2,1H3,(H,26,30). The van der Waals surface area contributed by atoms with Gasteiger partial charge in [0.15, 0.2) is 10.9 Å². The van der Waals surface area contributed by atoms with Crippen LogP contribution in [-0.2, 0) is 5.75 Å². The lowest BCUT2D eigenvalue weighted by Crippen LogP contribution is -2.15. The van der Waals surface area contributed by atoms with Gasteiger partial charge in [-0.15, -0.1) is 5.10 Å². The molecule has 4 rings (SSSR count). The molecule has 0 spiro atoms. The molecule has 0 aliphatic carbocycles. The van der Waals surface area contributed by atoms with Crippen molar-refractivity contribution < 1.29 is 9.53 Å². The number of benzene rings is 2. The molecular weight excluding hydrogens is 471 g/mol. The van der Waals surface area contributed by atoms with Crippen LogP contribution < -0.4 is 10.1 Å². The molecule has 0 atom stereocenters. The number of carbonyl (C=O) groups is 1. The number of amides is 1. The Morgan fingerprint density at radius 2 is 1.78 bits per heavy atom. The van der Waals surface area contributed by atoms with Gasteiger partial charge in [-0.2, -0.15) is 0 Å². The van der Waals surface area contributed by atoms with Crippen LogP contribution >= 0.6 is 35.0 Å². The van der Waals surface area contributed by atoms with Gasteiger partial charge in [0.2, 0.25) is 0 Å². The molecule has 2 aromatic heterocycles. The number of anilines is 1. The molecule has 4 aromatic rings. The third-order valence-corrected chi connectivity index (χ3v) is 5.62. The largest absolute Gasteiger partial charge is 0.497 e. The monoisotopic (exact) mass is 486 g/mol. The molecule has 0 unspecified atom stereocenters. The predicted molar refractivity (Wildman–Crippen MR) is 124 cm³/mol.